The number of alkyl halides is 1. The van der Waals surface area contributed by atoms with E-state index in [0.29, 0.717) is 5.56 Å². The molecule has 0 atom stereocenters. The topological polar surface area (TPSA) is 20.2 Å². The molecule has 0 saturated heterocycles. The van der Waals surface area contributed by atoms with Crippen LogP contribution in [0.1, 0.15) is 31.4 Å². The minimum atomic E-state index is -1.27. The molecule has 0 aliphatic carbocycles. The van der Waals surface area contributed by atoms with Gasteiger partial charge in [0.25, 0.3) is 0 Å². The Labute approximate surface area is 84.6 Å². The highest BCUT2D eigenvalue weighted by atomic mass is 19.1. The van der Waals surface area contributed by atoms with Gasteiger partial charge in [0.05, 0.1) is 0 Å². The average Bonchev–Trinajstić information content (AvgIpc) is 2.14. The zero-order chi connectivity index (χ0) is 10.6. The summed E-state index contributed by atoms with van der Waals surface area (Å²) in [4.78, 5) is 0. The van der Waals surface area contributed by atoms with Gasteiger partial charge in [0.2, 0.25) is 0 Å². The van der Waals surface area contributed by atoms with E-state index < -0.39 is 5.67 Å². The highest BCUT2D eigenvalue weighted by molar-refractivity contribution is 5.26. The molecule has 2 heteroatoms. The molecule has 0 aliphatic rings. The fourth-order valence-electron chi connectivity index (χ4n) is 1.35. The molecule has 1 nitrogen and oxygen atoms in total. The Morgan fingerprint density at radius 1 is 1.21 bits per heavy atom. The molecular weight excluding hydrogens is 179 g/mol. The molecule has 0 bridgehead atoms. The third-order valence-electron chi connectivity index (χ3n) is 2.26. The van der Waals surface area contributed by atoms with E-state index in [1.54, 1.807) is 13.8 Å². The van der Waals surface area contributed by atoms with Gasteiger partial charge >= 0.3 is 0 Å². The lowest BCUT2D eigenvalue weighted by Gasteiger charge is -2.14. The van der Waals surface area contributed by atoms with E-state index >= 15 is 0 Å². The van der Waals surface area contributed by atoms with Gasteiger partial charge in [-0.2, -0.15) is 0 Å². The minimum absolute atomic E-state index is 0.205. The van der Waals surface area contributed by atoms with Crippen molar-refractivity contribution in [1.29, 1.82) is 0 Å². The number of hydrogen-bond donors (Lipinski definition) is 1. The van der Waals surface area contributed by atoms with Crippen LogP contribution in [-0.2, 0) is 12.1 Å². The number of hydrogen-bond acceptors (Lipinski definition) is 1. The highest BCUT2D eigenvalue weighted by Gasteiger charge is 2.17. The summed E-state index contributed by atoms with van der Waals surface area (Å²) >= 11 is 0. The van der Waals surface area contributed by atoms with Crippen LogP contribution in [0.3, 0.4) is 0 Å². The molecule has 0 amide bonds. The molecule has 0 saturated carbocycles. The van der Waals surface area contributed by atoms with Crippen molar-refractivity contribution < 1.29 is 9.50 Å². The number of benzene rings is 1. The van der Waals surface area contributed by atoms with Crippen molar-refractivity contribution >= 4 is 0 Å². The molecule has 1 aromatic carbocycles. The van der Waals surface area contributed by atoms with Crippen LogP contribution in [0, 0.1) is 0 Å². The van der Waals surface area contributed by atoms with E-state index in [4.69, 9.17) is 5.11 Å². The maximum atomic E-state index is 13.5. The number of aryl methyl sites for hydroxylation is 1. The van der Waals surface area contributed by atoms with Gasteiger partial charge in [0, 0.05) is 6.61 Å². The Kier molecular flexibility index (Phi) is 3.64. The van der Waals surface area contributed by atoms with Crippen LogP contribution in [0.2, 0.25) is 0 Å². The normalized spacial score (nSPS) is 11.7. The summed E-state index contributed by atoms with van der Waals surface area (Å²) in [7, 11) is 0. The van der Waals surface area contributed by atoms with Crippen molar-refractivity contribution in [2.45, 2.75) is 32.4 Å². The molecule has 0 aromatic heterocycles. The second-order valence-electron chi connectivity index (χ2n) is 4.00. The Morgan fingerprint density at radius 2 is 1.79 bits per heavy atom. The first-order chi connectivity index (χ1) is 6.54. The molecule has 14 heavy (non-hydrogen) atoms. The smallest absolute Gasteiger partial charge is 0.130 e. The van der Waals surface area contributed by atoms with Crippen molar-refractivity contribution in [2.24, 2.45) is 0 Å². The summed E-state index contributed by atoms with van der Waals surface area (Å²) in [6, 6.07) is 7.47. The van der Waals surface area contributed by atoms with E-state index in [0.717, 1.165) is 18.4 Å². The predicted molar refractivity (Wildman–Crippen MR) is 56.0 cm³/mol. The third kappa shape index (κ3) is 3.11. The van der Waals surface area contributed by atoms with Gasteiger partial charge in [-0.1, -0.05) is 24.3 Å². The zero-order valence-electron chi connectivity index (χ0n) is 8.76. The van der Waals surface area contributed by atoms with Gasteiger partial charge in [-0.05, 0) is 37.8 Å². The van der Waals surface area contributed by atoms with Crippen molar-refractivity contribution in [1.82, 2.24) is 0 Å². The highest BCUT2D eigenvalue weighted by Crippen LogP contribution is 2.24. The quantitative estimate of drug-likeness (QED) is 0.785. The minimum Gasteiger partial charge on any atom is -0.396 e. The van der Waals surface area contributed by atoms with Crippen molar-refractivity contribution in [3.8, 4) is 0 Å². The van der Waals surface area contributed by atoms with Gasteiger partial charge in [-0.15, -0.1) is 0 Å². The SMILES string of the molecule is CC(C)(F)c1ccc(CCCO)cc1. The maximum absolute atomic E-state index is 13.5. The summed E-state index contributed by atoms with van der Waals surface area (Å²) in [5, 5.41) is 8.65. The van der Waals surface area contributed by atoms with Gasteiger partial charge in [-0.25, -0.2) is 4.39 Å². The summed E-state index contributed by atoms with van der Waals surface area (Å²) < 4.78 is 13.5. The molecule has 0 heterocycles. The molecule has 1 aromatic rings. The lowest BCUT2D eigenvalue weighted by atomic mass is 9.98. The van der Waals surface area contributed by atoms with Crippen LogP contribution in [-0.4, -0.2) is 11.7 Å². The maximum Gasteiger partial charge on any atom is 0.130 e. The zero-order valence-corrected chi connectivity index (χ0v) is 8.76. The fraction of sp³-hybridized carbons (Fsp3) is 0.500. The van der Waals surface area contributed by atoms with Crippen LogP contribution in [0.25, 0.3) is 0 Å². The lowest BCUT2D eigenvalue weighted by Crippen LogP contribution is -2.08. The van der Waals surface area contributed by atoms with E-state index in [-0.39, 0.29) is 6.61 Å². The Hall–Kier alpha value is -0.890. The largest absolute Gasteiger partial charge is 0.396 e. The molecule has 0 unspecified atom stereocenters. The van der Waals surface area contributed by atoms with Crippen LogP contribution in [0.4, 0.5) is 4.39 Å². The van der Waals surface area contributed by atoms with Gasteiger partial charge < -0.3 is 5.11 Å². The molecule has 0 fully saturated rings. The van der Waals surface area contributed by atoms with Crippen molar-refractivity contribution in [3.05, 3.63) is 35.4 Å². The van der Waals surface area contributed by atoms with Crippen molar-refractivity contribution in [2.75, 3.05) is 6.61 Å². The van der Waals surface area contributed by atoms with Crippen LogP contribution in [0.5, 0.6) is 0 Å². The molecule has 1 N–H and O–H groups in total. The monoisotopic (exact) mass is 196 g/mol. The average molecular weight is 196 g/mol. The van der Waals surface area contributed by atoms with E-state index in [1.165, 1.54) is 0 Å². The Balaban J connectivity index is 2.69. The van der Waals surface area contributed by atoms with Crippen LogP contribution >= 0.6 is 0 Å². The molecule has 1 rings (SSSR count). The summed E-state index contributed by atoms with van der Waals surface area (Å²) in [5.74, 6) is 0. The number of aliphatic hydroxyl groups excluding tert-OH is 1. The first-order valence-corrected chi connectivity index (χ1v) is 4.93. The summed E-state index contributed by atoms with van der Waals surface area (Å²) in [6.45, 7) is 3.31. The first-order valence-electron chi connectivity index (χ1n) is 4.93. The predicted octanol–water partition coefficient (Wildman–Crippen LogP) is 2.82. The van der Waals surface area contributed by atoms with Crippen LogP contribution in [0.15, 0.2) is 24.3 Å². The number of aliphatic hydroxyl groups is 1. The summed E-state index contributed by atoms with van der Waals surface area (Å²) in [5.41, 5.74) is 0.576. The van der Waals surface area contributed by atoms with E-state index in [2.05, 4.69) is 0 Å². The van der Waals surface area contributed by atoms with E-state index in [1.807, 2.05) is 24.3 Å². The van der Waals surface area contributed by atoms with Gasteiger partial charge in [-0.3, -0.25) is 0 Å². The molecule has 0 radical (unpaired) electrons. The van der Waals surface area contributed by atoms with Gasteiger partial charge in [0.15, 0.2) is 0 Å². The molecule has 78 valence electrons. The second kappa shape index (κ2) is 4.56. The number of rotatable bonds is 4. The lowest BCUT2D eigenvalue weighted by molar-refractivity contribution is 0.221. The van der Waals surface area contributed by atoms with Crippen molar-refractivity contribution in [3.63, 3.8) is 0 Å². The Bertz CT molecular complexity index is 271. The van der Waals surface area contributed by atoms with Gasteiger partial charge in [0.1, 0.15) is 5.67 Å². The summed E-state index contributed by atoms with van der Waals surface area (Å²) in [6.07, 6.45) is 1.61. The first kappa shape index (κ1) is 11.2. The van der Waals surface area contributed by atoms with E-state index in [9.17, 15) is 4.39 Å². The molecule has 0 spiro atoms. The Morgan fingerprint density at radius 3 is 2.21 bits per heavy atom. The molecule has 0 aliphatic heterocycles. The third-order valence-corrected chi connectivity index (χ3v) is 2.26. The second-order valence-corrected chi connectivity index (χ2v) is 4.00. The fourth-order valence-corrected chi connectivity index (χ4v) is 1.35. The molecular formula is C12H17FO. The number of halogens is 1. The standard InChI is InChI=1S/C12H17FO/c1-12(2,13)11-7-5-10(6-8-11)4-3-9-14/h5-8,14H,3-4,9H2,1-2H3. The van der Waals surface area contributed by atoms with Crippen LogP contribution < -0.4 is 0 Å².